The Balaban J connectivity index is 1.58. The molecule has 0 fully saturated rings. The fourth-order valence-electron chi connectivity index (χ4n) is 2.60. The summed E-state index contributed by atoms with van der Waals surface area (Å²) in [4.78, 5) is 12.2. The highest BCUT2D eigenvalue weighted by Gasteiger charge is 2.12. The summed E-state index contributed by atoms with van der Waals surface area (Å²) in [6.07, 6.45) is 2.09. The predicted molar refractivity (Wildman–Crippen MR) is 89.2 cm³/mol. The third-order valence-corrected chi connectivity index (χ3v) is 3.92. The van der Waals surface area contributed by atoms with Crippen LogP contribution in [0.25, 0.3) is 10.9 Å². The maximum Gasteiger partial charge on any atom is 0.251 e. The van der Waals surface area contributed by atoms with Gasteiger partial charge in [-0.15, -0.1) is 0 Å². The highest BCUT2D eigenvalue weighted by atomic mass is 19.1. The Hall–Kier alpha value is -2.73. The van der Waals surface area contributed by atoms with E-state index in [1.54, 1.807) is 37.6 Å². The molecule has 0 bridgehead atoms. The fraction of sp³-hybridized carbons (Fsp3) is 0.222. The van der Waals surface area contributed by atoms with Crippen molar-refractivity contribution < 1.29 is 13.9 Å². The number of carbonyl (C=O) groups excluding carboxylic acids is 1. The summed E-state index contributed by atoms with van der Waals surface area (Å²) in [5.41, 5.74) is 2.36. The van der Waals surface area contributed by atoms with Gasteiger partial charge in [-0.25, -0.2) is 4.39 Å². The number of hydrogen-bond donors (Lipinski definition) is 2. The summed E-state index contributed by atoms with van der Waals surface area (Å²) in [6.45, 7) is 0.456. The van der Waals surface area contributed by atoms with Crippen LogP contribution in [0.4, 0.5) is 4.39 Å². The molecule has 1 heterocycles. The van der Waals surface area contributed by atoms with E-state index in [9.17, 15) is 9.18 Å². The van der Waals surface area contributed by atoms with Crippen molar-refractivity contribution in [3.63, 3.8) is 0 Å². The van der Waals surface area contributed by atoms with Crippen molar-refractivity contribution >= 4 is 16.8 Å². The van der Waals surface area contributed by atoms with Crippen molar-refractivity contribution in [1.29, 1.82) is 0 Å². The van der Waals surface area contributed by atoms with Crippen LogP contribution in [0.1, 0.15) is 28.4 Å². The van der Waals surface area contributed by atoms with Gasteiger partial charge in [0.1, 0.15) is 5.82 Å². The van der Waals surface area contributed by atoms with Crippen LogP contribution in [0, 0.1) is 5.82 Å². The van der Waals surface area contributed by atoms with Gasteiger partial charge in [-0.1, -0.05) is 12.1 Å². The number of halogens is 1. The monoisotopic (exact) mass is 327 g/mol. The number of aromatic amines is 1. The van der Waals surface area contributed by atoms with Crippen LogP contribution in [-0.4, -0.2) is 29.8 Å². The van der Waals surface area contributed by atoms with Crippen LogP contribution in [0.15, 0.2) is 48.7 Å². The van der Waals surface area contributed by atoms with Gasteiger partial charge < -0.3 is 10.1 Å². The second-order valence-corrected chi connectivity index (χ2v) is 5.49. The number of rotatable bonds is 6. The normalized spacial score (nSPS) is 12.2. The summed E-state index contributed by atoms with van der Waals surface area (Å²) in [6, 6.07) is 11.6. The highest BCUT2D eigenvalue weighted by Crippen LogP contribution is 2.20. The van der Waals surface area contributed by atoms with Crippen LogP contribution in [0.5, 0.6) is 0 Å². The number of H-pyrrole nitrogens is 1. The summed E-state index contributed by atoms with van der Waals surface area (Å²) in [5.74, 6) is -0.427. The molecule has 24 heavy (non-hydrogen) atoms. The number of nitrogens with one attached hydrogen (secondary N) is 2. The van der Waals surface area contributed by atoms with Gasteiger partial charge in [0.25, 0.3) is 5.91 Å². The Morgan fingerprint density at radius 1 is 1.29 bits per heavy atom. The smallest absolute Gasteiger partial charge is 0.251 e. The molecular weight excluding hydrogens is 309 g/mol. The average Bonchev–Trinajstić information content (AvgIpc) is 3.07. The van der Waals surface area contributed by atoms with E-state index in [4.69, 9.17) is 4.74 Å². The van der Waals surface area contributed by atoms with E-state index in [2.05, 4.69) is 15.5 Å². The molecule has 124 valence electrons. The van der Waals surface area contributed by atoms with Gasteiger partial charge >= 0.3 is 0 Å². The standard InChI is InChI=1S/C18H18FN3O2/c1-24-17(12-2-5-15(19)6-3-12)8-9-20-18(23)13-4-7-16-14(10-13)11-21-22-16/h2-7,10-11,17H,8-9H2,1H3,(H,20,23)(H,21,22). The number of aromatic nitrogens is 2. The number of methoxy groups -OCH3 is 1. The van der Waals surface area contributed by atoms with Gasteiger partial charge in [0.15, 0.2) is 0 Å². The first-order valence-corrected chi connectivity index (χ1v) is 7.67. The summed E-state index contributed by atoms with van der Waals surface area (Å²) in [7, 11) is 1.60. The minimum Gasteiger partial charge on any atom is -0.377 e. The number of carbonyl (C=O) groups is 1. The average molecular weight is 327 g/mol. The summed E-state index contributed by atoms with van der Waals surface area (Å²) < 4.78 is 18.4. The second-order valence-electron chi connectivity index (χ2n) is 5.49. The molecule has 1 aromatic heterocycles. The van der Waals surface area contributed by atoms with Gasteiger partial charge in [0.05, 0.1) is 17.8 Å². The Kier molecular flexibility index (Phi) is 4.86. The molecule has 1 amide bonds. The van der Waals surface area contributed by atoms with E-state index in [1.807, 2.05) is 6.07 Å². The summed E-state index contributed by atoms with van der Waals surface area (Å²) >= 11 is 0. The predicted octanol–water partition coefficient (Wildman–Crippen LogP) is 3.21. The number of benzene rings is 2. The molecule has 0 saturated carbocycles. The Morgan fingerprint density at radius 3 is 2.83 bits per heavy atom. The Labute approximate surface area is 138 Å². The Morgan fingerprint density at radius 2 is 2.08 bits per heavy atom. The molecule has 3 aromatic rings. The molecule has 0 aliphatic carbocycles. The Bertz CT molecular complexity index is 830. The molecular formula is C18H18FN3O2. The second kappa shape index (κ2) is 7.23. The van der Waals surface area contributed by atoms with E-state index in [0.29, 0.717) is 18.5 Å². The lowest BCUT2D eigenvalue weighted by Gasteiger charge is -2.16. The quantitative estimate of drug-likeness (QED) is 0.730. The first kappa shape index (κ1) is 16.1. The molecule has 0 radical (unpaired) electrons. The van der Waals surface area contributed by atoms with Gasteiger partial charge in [0.2, 0.25) is 0 Å². The van der Waals surface area contributed by atoms with Crippen molar-refractivity contribution in [2.75, 3.05) is 13.7 Å². The molecule has 1 atom stereocenters. The highest BCUT2D eigenvalue weighted by molar-refractivity contribution is 5.97. The van der Waals surface area contributed by atoms with Gasteiger partial charge in [-0.3, -0.25) is 9.89 Å². The lowest BCUT2D eigenvalue weighted by molar-refractivity contribution is 0.0872. The molecule has 0 aliphatic rings. The maximum atomic E-state index is 13.0. The molecule has 2 N–H and O–H groups in total. The van der Waals surface area contributed by atoms with Crippen molar-refractivity contribution in [2.24, 2.45) is 0 Å². The van der Waals surface area contributed by atoms with Gasteiger partial charge in [0, 0.05) is 24.6 Å². The van der Waals surface area contributed by atoms with Crippen LogP contribution in [0.2, 0.25) is 0 Å². The molecule has 6 heteroatoms. The number of fused-ring (bicyclic) bond motifs is 1. The van der Waals surface area contributed by atoms with Crippen molar-refractivity contribution in [1.82, 2.24) is 15.5 Å². The van der Waals surface area contributed by atoms with Crippen LogP contribution in [0.3, 0.4) is 0 Å². The topological polar surface area (TPSA) is 67.0 Å². The number of amides is 1. The minimum absolute atomic E-state index is 0.146. The molecule has 0 aliphatic heterocycles. The molecule has 3 rings (SSSR count). The summed E-state index contributed by atoms with van der Waals surface area (Å²) in [5, 5.41) is 10.6. The first-order valence-electron chi connectivity index (χ1n) is 7.67. The van der Waals surface area contributed by atoms with Crippen molar-refractivity contribution in [3.05, 3.63) is 65.6 Å². The van der Waals surface area contributed by atoms with Gasteiger partial charge in [-0.05, 0) is 42.3 Å². The number of nitrogens with zero attached hydrogens (tertiary/aromatic N) is 1. The minimum atomic E-state index is -0.281. The van der Waals surface area contributed by atoms with E-state index in [0.717, 1.165) is 16.5 Å². The third-order valence-electron chi connectivity index (χ3n) is 3.92. The molecule has 0 spiro atoms. The lowest BCUT2D eigenvalue weighted by atomic mass is 10.1. The number of hydrogen-bond acceptors (Lipinski definition) is 3. The molecule has 0 saturated heterocycles. The molecule has 2 aromatic carbocycles. The third kappa shape index (κ3) is 3.60. The zero-order chi connectivity index (χ0) is 16.9. The zero-order valence-electron chi connectivity index (χ0n) is 13.3. The SMILES string of the molecule is COC(CCNC(=O)c1ccc2[nH]ncc2c1)c1ccc(F)cc1. The maximum absolute atomic E-state index is 13.0. The van der Waals surface area contributed by atoms with Gasteiger partial charge in [-0.2, -0.15) is 5.10 Å². The van der Waals surface area contributed by atoms with Crippen molar-refractivity contribution in [2.45, 2.75) is 12.5 Å². The van der Waals surface area contributed by atoms with E-state index < -0.39 is 0 Å². The zero-order valence-corrected chi connectivity index (χ0v) is 13.3. The molecule has 1 unspecified atom stereocenters. The molecule has 5 nitrogen and oxygen atoms in total. The van der Waals surface area contributed by atoms with E-state index in [-0.39, 0.29) is 17.8 Å². The van der Waals surface area contributed by atoms with E-state index in [1.165, 1.54) is 12.1 Å². The van der Waals surface area contributed by atoms with Crippen LogP contribution >= 0.6 is 0 Å². The van der Waals surface area contributed by atoms with Crippen LogP contribution in [-0.2, 0) is 4.74 Å². The lowest BCUT2D eigenvalue weighted by Crippen LogP contribution is -2.25. The fourth-order valence-corrected chi connectivity index (χ4v) is 2.60. The van der Waals surface area contributed by atoms with E-state index >= 15 is 0 Å². The largest absolute Gasteiger partial charge is 0.377 e. The number of ether oxygens (including phenoxy) is 1. The van der Waals surface area contributed by atoms with Crippen molar-refractivity contribution in [3.8, 4) is 0 Å². The van der Waals surface area contributed by atoms with Crippen LogP contribution < -0.4 is 5.32 Å². The first-order chi connectivity index (χ1) is 11.7.